The molecule has 0 radical (unpaired) electrons. The highest BCUT2D eigenvalue weighted by Gasteiger charge is 2.19. The lowest BCUT2D eigenvalue weighted by atomic mass is 9.93. The quantitative estimate of drug-likeness (QED) is 0.676. The van der Waals surface area contributed by atoms with Gasteiger partial charge in [-0.05, 0) is 41.3 Å². The summed E-state index contributed by atoms with van der Waals surface area (Å²) >= 11 is 0. The molecule has 2 heteroatoms. The van der Waals surface area contributed by atoms with Crippen molar-refractivity contribution in [2.24, 2.45) is 0 Å². The first-order valence-electron chi connectivity index (χ1n) is 7.63. The Kier molecular flexibility index (Phi) is 3.08. The first-order valence-corrected chi connectivity index (χ1v) is 7.63. The summed E-state index contributed by atoms with van der Waals surface area (Å²) in [6.45, 7) is 2.13. The molecule has 22 heavy (non-hydrogen) atoms. The van der Waals surface area contributed by atoms with Gasteiger partial charge in [0.15, 0.2) is 0 Å². The van der Waals surface area contributed by atoms with Gasteiger partial charge in [0.25, 0.3) is 0 Å². The molecule has 0 bridgehead atoms. The molecule has 0 unspecified atom stereocenters. The average Bonchev–Trinajstić information content (AvgIpc) is 2.94. The van der Waals surface area contributed by atoms with Gasteiger partial charge in [0.2, 0.25) is 0 Å². The van der Waals surface area contributed by atoms with Crippen molar-refractivity contribution in [3.05, 3.63) is 72.8 Å². The Labute approximate surface area is 130 Å². The van der Waals surface area contributed by atoms with Crippen LogP contribution in [0.2, 0.25) is 0 Å². The fraction of sp³-hybridized carbons (Fsp3) is 0.100. The zero-order valence-corrected chi connectivity index (χ0v) is 12.5. The van der Waals surface area contributed by atoms with Gasteiger partial charge in [0.05, 0.1) is 17.5 Å². The zero-order valence-electron chi connectivity index (χ0n) is 12.5. The summed E-state index contributed by atoms with van der Waals surface area (Å²) in [6.07, 6.45) is 0.268. The summed E-state index contributed by atoms with van der Waals surface area (Å²) < 4.78 is 0. The van der Waals surface area contributed by atoms with Crippen LogP contribution in [0.15, 0.2) is 72.8 Å². The largest absolute Gasteiger partial charge is 0.364 e. The predicted molar refractivity (Wildman–Crippen MR) is 94.0 cm³/mol. The van der Waals surface area contributed by atoms with E-state index in [0.29, 0.717) is 0 Å². The fourth-order valence-electron chi connectivity index (χ4n) is 3.05. The standard InChI is InChI=1S/C20H18N2/c1-14-21-19-12-17(15-8-4-2-5-9-15)18(13-20(19)22-14)16-10-6-3-7-11-16/h2-14,21-22H,1H3. The molecule has 0 spiro atoms. The SMILES string of the molecule is CC1Nc2cc(-c3ccccc3)c(-c3ccccc3)cc2N1. The van der Waals surface area contributed by atoms with Gasteiger partial charge in [-0.15, -0.1) is 0 Å². The molecule has 0 fully saturated rings. The minimum Gasteiger partial charge on any atom is -0.364 e. The Hall–Kier alpha value is -2.74. The maximum atomic E-state index is 3.48. The van der Waals surface area contributed by atoms with Crippen LogP contribution in [-0.4, -0.2) is 6.17 Å². The van der Waals surface area contributed by atoms with Gasteiger partial charge >= 0.3 is 0 Å². The number of benzene rings is 3. The Balaban J connectivity index is 1.94. The topological polar surface area (TPSA) is 24.1 Å². The van der Waals surface area contributed by atoms with Crippen molar-refractivity contribution in [1.29, 1.82) is 0 Å². The van der Waals surface area contributed by atoms with E-state index in [1.165, 1.54) is 33.6 Å². The van der Waals surface area contributed by atoms with Crippen LogP contribution in [-0.2, 0) is 0 Å². The third kappa shape index (κ3) is 2.23. The van der Waals surface area contributed by atoms with Gasteiger partial charge in [-0.2, -0.15) is 0 Å². The minimum atomic E-state index is 0.268. The molecule has 1 aliphatic heterocycles. The molecule has 1 aliphatic rings. The van der Waals surface area contributed by atoms with Crippen molar-refractivity contribution in [2.75, 3.05) is 10.6 Å². The van der Waals surface area contributed by atoms with Crippen molar-refractivity contribution >= 4 is 11.4 Å². The minimum absolute atomic E-state index is 0.268. The van der Waals surface area contributed by atoms with E-state index in [0.717, 1.165) is 0 Å². The molecule has 108 valence electrons. The average molecular weight is 286 g/mol. The van der Waals surface area contributed by atoms with Crippen molar-refractivity contribution < 1.29 is 0 Å². The van der Waals surface area contributed by atoms with Gasteiger partial charge in [-0.3, -0.25) is 0 Å². The van der Waals surface area contributed by atoms with E-state index in [1.54, 1.807) is 0 Å². The number of hydrogen-bond donors (Lipinski definition) is 2. The monoisotopic (exact) mass is 286 g/mol. The number of anilines is 2. The van der Waals surface area contributed by atoms with Gasteiger partial charge in [0.1, 0.15) is 0 Å². The maximum Gasteiger partial charge on any atom is 0.0935 e. The third-order valence-electron chi connectivity index (χ3n) is 4.07. The summed E-state index contributed by atoms with van der Waals surface area (Å²) in [4.78, 5) is 0. The van der Waals surface area contributed by atoms with E-state index >= 15 is 0 Å². The van der Waals surface area contributed by atoms with E-state index in [2.05, 4.69) is 90.4 Å². The van der Waals surface area contributed by atoms with Crippen LogP contribution in [0.1, 0.15) is 6.92 Å². The number of fused-ring (bicyclic) bond motifs is 1. The predicted octanol–water partition coefficient (Wildman–Crippen LogP) is 5.20. The number of nitrogens with one attached hydrogen (secondary N) is 2. The maximum absolute atomic E-state index is 3.48. The molecular formula is C20H18N2. The van der Waals surface area contributed by atoms with Crippen LogP contribution in [0.5, 0.6) is 0 Å². The molecule has 3 aromatic carbocycles. The Morgan fingerprint density at radius 3 is 1.45 bits per heavy atom. The van der Waals surface area contributed by atoms with Crippen LogP contribution in [0.25, 0.3) is 22.3 Å². The molecule has 0 amide bonds. The molecule has 0 atom stereocenters. The van der Waals surface area contributed by atoms with Crippen LogP contribution in [0.3, 0.4) is 0 Å². The summed E-state index contributed by atoms with van der Waals surface area (Å²) in [6, 6.07) is 25.6. The highest BCUT2D eigenvalue weighted by molar-refractivity contribution is 5.92. The van der Waals surface area contributed by atoms with E-state index in [4.69, 9.17) is 0 Å². The second kappa shape index (κ2) is 5.23. The van der Waals surface area contributed by atoms with Crippen LogP contribution in [0.4, 0.5) is 11.4 Å². The van der Waals surface area contributed by atoms with Crippen molar-refractivity contribution in [3.8, 4) is 22.3 Å². The van der Waals surface area contributed by atoms with Crippen molar-refractivity contribution in [1.82, 2.24) is 0 Å². The first-order chi connectivity index (χ1) is 10.8. The normalized spacial score (nSPS) is 13.3. The van der Waals surface area contributed by atoms with E-state index < -0.39 is 0 Å². The Morgan fingerprint density at radius 1 is 0.636 bits per heavy atom. The number of rotatable bonds is 2. The summed E-state index contributed by atoms with van der Waals surface area (Å²) in [5.74, 6) is 0. The van der Waals surface area contributed by atoms with Crippen molar-refractivity contribution in [3.63, 3.8) is 0 Å². The second-order valence-corrected chi connectivity index (χ2v) is 5.69. The molecule has 2 nitrogen and oxygen atoms in total. The van der Waals surface area contributed by atoms with E-state index in [1.807, 2.05) is 0 Å². The van der Waals surface area contributed by atoms with Crippen LogP contribution < -0.4 is 10.6 Å². The molecule has 0 saturated carbocycles. The van der Waals surface area contributed by atoms with Gasteiger partial charge in [-0.25, -0.2) is 0 Å². The highest BCUT2D eigenvalue weighted by Crippen LogP contribution is 2.40. The smallest absolute Gasteiger partial charge is 0.0935 e. The molecule has 2 N–H and O–H groups in total. The fourth-order valence-corrected chi connectivity index (χ4v) is 3.05. The van der Waals surface area contributed by atoms with Crippen LogP contribution in [0, 0.1) is 0 Å². The lowest BCUT2D eigenvalue weighted by molar-refractivity contribution is 0.956. The third-order valence-corrected chi connectivity index (χ3v) is 4.07. The van der Waals surface area contributed by atoms with Gasteiger partial charge < -0.3 is 10.6 Å². The molecule has 3 aromatic rings. The molecule has 1 heterocycles. The summed E-state index contributed by atoms with van der Waals surface area (Å²) in [7, 11) is 0. The molecule has 0 saturated heterocycles. The molecular weight excluding hydrogens is 268 g/mol. The van der Waals surface area contributed by atoms with Crippen molar-refractivity contribution in [2.45, 2.75) is 13.1 Å². The van der Waals surface area contributed by atoms with E-state index in [9.17, 15) is 0 Å². The number of hydrogen-bond acceptors (Lipinski definition) is 2. The lowest BCUT2D eigenvalue weighted by Gasteiger charge is -2.13. The van der Waals surface area contributed by atoms with Gasteiger partial charge in [-0.1, -0.05) is 60.7 Å². The molecule has 0 aromatic heterocycles. The van der Waals surface area contributed by atoms with E-state index in [-0.39, 0.29) is 6.17 Å². The highest BCUT2D eigenvalue weighted by atomic mass is 15.2. The first kappa shape index (κ1) is 13.0. The Morgan fingerprint density at radius 2 is 1.05 bits per heavy atom. The summed E-state index contributed by atoms with van der Waals surface area (Å²) in [5, 5.41) is 6.95. The lowest BCUT2D eigenvalue weighted by Crippen LogP contribution is -2.16. The van der Waals surface area contributed by atoms with Gasteiger partial charge in [0, 0.05) is 0 Å². The zero-order chi connectivity index (χ0) is 14.9. The van der Waals surface area contributed by atoms with Crippen LogP contribution >= 0.6 is 0 Å². The summed E-state index contributed by atoms with van der Waals surface area (Å²) in [5.41, 5.74) is 7.34. The second-order valence-electron chi connectivity index (χ2n) is 5.69. The molecule has 0 aliphatic carbocycles. The Bertz CT molecular complexity index is 726. The molecule has 4 rings (SSSR count).